The number of hydrogen-bond acceptors (Lipinski definition) is 4. The van der Waals surface area contributed by atoms with E-state index in [1.165, 1.54) is 17.7 Å². The van der Waals surface area contributed by atoms with Crippen LogP contribution in [0.25, 0.3) is 0 Å². The number of halogens is 1. The molecule has 1 saturated heterocycles. The van der Waals surface area contributed by atoms with Crippen LogP contribution in [0.15, 0.2) is 47.4 Å². The molecule has 0 saturated carbocycles. The number of benzene rings is 2. The quantitative estimate of drug-likeness (QED) is 0.782. The van der Waals surface area contributed by atoms with Crippen LogP contribution >= 0.6 is 11.8 Å². The van der Waals surface area contributed by atoms with Crippen LogP contribution in [0.1, 0.15) is 29.2 Å². The lowest BCUT2D eigenvalue weighted by molar-refractivity contribution is 0.0341. The van der Waals surface area contributed by atoms with E-state index in [0.29, 0.717) is 6.54 Å². The van der Waals surface area contributed by atoms with Gasteiger partial charge in [-0.25, -0.2) is 9.18 Å². The van der Waals surface area contributed by atoms with Gasteiger partial charge in [0.05, 0.1) is 19.3 Å². The summed E-state index contributed by atoms with van der Waals surface area (Å²) in [5.41, 5.74) is 3.19. The molecule has 2 heterocycles. The lowest BCUT2D eigenvalue weighted by Gasteiger charge is -2.28. The van der Waals surface area contributed by atoms with E-state index in [2.05, 4.69) is 27.7 Å². The maximum atomic E-state index is 13.7. The number of thioether (sulfide) groups is 1. The molecular formula is C22H26FN3O2S. The minimum atomic E-state index is -0.268. The number of nitrogens with zero attached hydrogens (tertiary/aromatic N) is 1. The molecule has 1 unspecified atom stereocenters. The van der Waals surface area contributed by atoms with Crippen LogP contribution in [0.3, 0.4) is 0 Å². The van der Waals surface area contributed by atoms with E-state index in [4.69, 9.17) is 4.74 Å². The Morgan fingerprint density at radius 2 is 1.97 bits per heavy atom. The van der Waals surface area contributed by atoms with Gasteiger partial charge in [0.15, 0.2) is 0 Å². The molecule has 4 rings (SSSR count). The number of carbonyl (C=O) groups is 1. The van der Waals surface area contributed by atoms with Crippen molar-refractivity contribution >= 4 is 17.8 Å². The zero-order valence-corrected chi connectivity index (χ0v) is 17.1. The molecular weight excluding hydrogens is 389 g/mol. The van der Waals surface area contributed by atoms with Crippen molar-refractivity contribution in [2.45, 2.75) is 30.4 Å². The number of morpholine rings is 1. The summed E-state index contributed by atoms with van der Waals surface area (Å²) in [6.45, 7) is 4.71. The third-order valence-corrected chi connectivity index (χ3v) is 6.49. The average molecular weight is 416 g/mol. The summed E-state index contributed by atoms with van der Waals surface area (Å²) in [7, 11) is 0. The third-order valence-electron chi connectivity index (χ3n) is 5.37. The summed E-state index contributed by atoms with van der Waals surface area (Å²) in [4.78, 5) is 15.9. The molecule has 2 aliphatic heterocycles. The van der Waals surface area contributed by atoms with Crippen molar-refractivity contribution in [1.29, 1.82) is 0 Å². The van der Waals surface area contributed by atoms with Gasteiger partial charge >= 0.3 is 6.03 Å². The Hall–Kier alpha value is -2.09. The fourth-order valence-electron chi connectivity index (χ4n) is 3.78. The van der Waals surface area contributed by atoms with Gasteiger partial charge in [0, 0.05) is 36.8 Å². The predicted octanol–water partition coefficient (Wildman–Crippen LogP) is 3.69. The van der Waals surface area contributed by atoms with E-state index >= 15 is 0 Å². The Balaban J connectivity index is 1.35. The van der Waals surface area contributed by atoms with Crippen LogP contribution in [0.4, 0.5) is 9.18 Å². The van der Waals surface area contributed by atoms with Crippen molar-refractivity contribution in [3.05, 3.63) is 65.0 Å². The molecule has 0 radical (unpaired) electrons. The standard InChI is InChI=1S/C22H26FN3O2S/c23-18-5-6-21-19(13-18)20(7-12-29-21)25-22(27)24-14-16-3-1-2-4-17(16)15-26-8-10-28-11-9-26/h1-6,13,20H,7-12,14-15H2,(H2,24,25,27). The Morgan fingerprint density at radius 1 is 1.17 bits per heavy atom. The zero-order chi connectivity index (χ0) is 20.1. The normalized spacial score (nSPS) is 19.4. The zero-order valence-electron chi connectivity index (χ0n) is 16.3. The molecule has 2 N–H and O–H groups in total. The van der Waals surface area contributed by atoms with Gasteiger partial charge in [0.25, 0.3) is 0 Å². The number of amides is 2. The first-order valence-electron chi connectivity index (χ1n) is 10.0. The fourth-order valence-corrected chi connectivity index (χ4v) is 4.89. The molecule has 0 spiro atoms. The highest BCUT2D eigenvalue weighted by atomic mass is 32.2. The Labute approximate surface area is 175 Å². The van der Waals surface area contributed by atoms with Crippen molar-refractivity contribution < 1.29 is 13.9 Å². The molecule has 1 fully saturated rings. The van der Waals surface area contributed by atoms with E-state index < -0.39 is 0 Å². The highest BCUT2D eigenvalue weighted by Gasteiger charge is 2.23. The number of carbonyl (C=O) groups excluding carboxylic acids is 1. The number of urea groups is 1. The van der Waals surface area contributed by atoms with E-state index in [-0.39, 0.29) is 17.9 Å². The van der Waals surface area contributed by atoms with Crippen LogP contribution in [0, 0.1) is 5.82 Å². The van der Waals surface area contributed by atoms with Gasteiger partial charge in [-0.2, -0.15) is 0 Å². The number of hydrogen-bond donors (Lipinski definition) is 2. The molecule has 29 heavy (non-hydrogen) atoms. The SMILES string of the molecule is O=C(NCc1ccccc1CN1CCOCC1)NC1CCSc2ccc(F)cc21. The van der Waals surface area contributed by atoms with Crippen molar-refractivity contribution in [2.24, 2.45) is 0 Å². The summed E-state index contributed by atoms with van der Waals surface area (Å²) in [5, 5.41) is 5.99. The minimum absolute atomic E-state index is 0.162. The molecule has 0 aromatic heterocycles. The molecule has 5 nitrogen and oxygen atoms in total. The molecule has 1 atom stereocenters. The molecule has 2 aromatic rings. The number of fused-ring (bicyclic) bond motifs is 1. The molecule has 0 aliphatic carbocycles. The Morgan fingerprint density at radius 3 is 2.79 bits per heavy atom. The average Bonchev–Trinajstić information content (AvgIpc) is 2.74. The topological polar surface area (TPSA) is 53.6 Å². The smallest absolute Gasteiger partial charge is 0.315 e. The van der Waals surface area contributed by atoms with Crippen LogP contribution in [0.2, 0.25) is 0 Å². The number of ether oxygens (including phenoxy) is 1. The fraction of sp³-hybridized carbons (Fsp3) is 0.409. The molecule has 2 aromatic carbocycles. The van der Waals surface area contributed by atoms with Gasteiger partial charge < -0.3 is 15.4 Å². The summed E-state index contributed by atoms with van der Waals surface area (Å²) < 4.78 is 19.1. The summed E-state index contributed by atoms with van der Waals surface area (Å²) in [6, 6.07) is 12.6. The molecule has 7 heteroatoms. The first-order chi connectivity index (χ1) is 14.2. The van der Waals surface area contributed by atoms with Crippen molar-refractivity contribution in [2.75, 3.05) is 32.1 Å². The van der Waals surface area contributed by atoms with Gasteiger partial charge in [0.1, 0.15) is 5.82 Å². The number of nitrogens with one attached hydrogen (secondary N) is 2. The second-order valence-corrected chi connectivity index (χ2v) is 8.49. The van der Waals surface area contributed by atoms with Crippen molar-refractivity contribution in [1.82, 2.24) is 15.5 Å². The van der Waals surface area contributed by atoms with Gasteiger partial charge in [-0.3, -0.25) is 4.90 Å². The van der Waals surface area contributed by atoms with Crippen LogP contribution in [-0.4, -0.2) is 43.0 Å². The molecule has 0 bridgehead atoms. The highest BCUT2D eigenvalue weighted by molar-refractivity contribution is 7.99. The second-order valence-electron chi connectivity index (χ2n) is 7.36. The predicted molar refractivity (Wildman–Crippen MR) is 112 cm³/mol. The summed E-state index contributed by atoms with van der Waals surface area (Å²) in [6.07, 6.45) is 0.794. The van der Waals surface area contributed by atoms with Crippen LogP contribution in [-0.2, 0) is 17.8 Å². The van der Waals surface area contributed by atoms with Crippen molar-refractivity contribution in [3.8, 4) is 0 Å². The highest BCUT2D eigenvalue weighted by Crippen LogP contribution is 2.36. The number of rotatable bonds is 5. The summed E-state index contributed by atoms with van der Waals surface area (Å²) in [5.74, 6) is 0.641. The van der Waals surface area contributed by atoms with Crippen molar-refractivity contribution in [3.63, 3.8) is 0 Å². The molecule has 2 aliphatic rings. The first kappa shape index (κ1) is 20.2. The van der Waals surface area contributed by atoms with Gasteiger partial charge in [-0.05, 0) is 41.3 Å². The maximum Gasteiger partial charge on any atom is 0.315 e. The summed E-state index contributed by atoms with van der Waals surface area (Å²) >= 11 is 1.70. The van der Waals surface area contributed by atoms with E-state index in [1.54, 1.807) is 17.8 Å². The third kappa shape index (κ3) is 5.29. The van der Waals surface area contributed by atoms with Gasteiger partial charge in [0.2, 0.25) is 0 Å². The Bertz CT molecular complexity index is 858. The monoisotopic (exact) mass is 415 g/mol. The molecule has 2 amide bonds. The lowest BCUT2D eigenvalue weighted by atomic mass is 10.0. The van der Waals surface area contributed by atoms with Crippen LogP contribution in [0.5, 0.6) is 0 Å². The van der Waals surface area contributed by atoms with Gasteiger partial charge in [-0.15, -0.1) is 11.8 Å². The first-order valence-corrected chi connectivity index (χ1v) is 11.0. The Kier molecular flexibility index (Phi) is 6.69. The second kappa shape index (κ2) is 9.61. The lowest BCUT2D eigenvalue weighted by Crippen LogP contribution is -2.39. The van der Waals surface area contributed by atoms with Gasteiger partial charge in [-0.1, -0.05) is 24.3 Å². The molecule has 154 valence electrons. The van der Waals surface area contributed by atoms with Crippen LogP contribution < -0.4 is 10.6 Å². The maximum absolute atomic E-state index is 13.7. The van der Waals surface area contributed by atoms with E-state index in [1.807, 2.05) is 12.1 Å². The largest absolute Gasteiger partial charge is 0.379 e. The van der Waals surface area contributed by atoms with E-state index in [9.17, 15) is 9.18 Å². The van der Waals surface area contributed by atoms with E-state index in [0.717, 1.165) is 61.0 Å². The minimum Gasteiger partial charge on any atom is -0.379 e.